The lowest BCUT2D eigenvalue weighted by Crippen LogP contribution is -2.33. The lowest BCUT2D eigenvalue weighted by Gasteiger charge is -2.26. The molecule has 1 aromatic rings. The maximum Gasteiger partial charge on any atom is 0.0488 e. The minimum Gasteiger partial charge on any atom is -0.271 e. The Kier molecular flexibility index (Phi) is 4.84. The van der Waals surface area contributed by atoms with E-state index in [2.05, 4.69) is 17.6 Å². The van der Waals surface area contributed by atoms with E-state index in [4.69, 9.17) is 17.4 Å². The fourth-order valence-corrected chi connectivity index (χ4v) is 2.94. The highest BCUT2D eigenvalue weighted by Gasteiger charge is 2.22. The average Bonchev–Trinajstić information content (AvgIpc) is 2.62. The number of nitrogens with one attached hydrogen (secondary N) is 1. The molecule has 0 radical (unpaired) electrons. The van der Waals surface area contributed by atoms with Gasteiger partial charge >= 0.3 is 0 Å². The van der Waals surface area contributed by atoms with Crippen LogP contribution in [0, 0.1) is 5.92 Å². The first kappa shape index (κ1) is 12.9. The third-order valence-electron chi connectivity index (χ3n) is 3.78. The summed E-state index contributed by atoms with van der Waals surface area (Å²) in [5.41, 5.74) is 4.25. The van der Waals surface area contributed by atoms with E-state index in [0.29, 0.717) is 5.92 Å². The first-order chi connectivity index (χ1) is 8.31. The molecule has 17 heavy (non-hydrogen) atoms. The van der Waals surface area contributed by atoms with Gasteiger partial charge in [0.1, 0.15) is 0 Å². The molecular weight excluding hydrogens is 232 g/mol. The highest BCUT2D eigenvalue weighted by molar-refractivity contribution is 6.30. The standard InChI is InChI=1S/C14H21ClN2/c15-13-9-7-12(8-10-13)14(17-16)11-5-3-1-2-4-6-11/h7-11,14,17H,1-6,16H2. The second-order valence-electron chi connectivity index (χ2n) is 4.95. The van der Waals surface area contributed by atoms with Gasteiger partial charge in [-0.15, -0.1) is 0 Å². The summed E-state index contributed by atoms with van der Waals surface area (Å²) in [7, 11) is 0. The van der Waals surface area contributed by atoms with Gasteiger partial charge in [-0.1, -0.05) is 49.4 Å². The van der Waals surface area contributed by atoms with E-state index in [-0.39, 0.29) is 6.04 Å². The Labute approximate surface area is 109 Å². The van der Waals surface area contributed by atoms with Crippen molar-refractivity contribution in [2.24, 2.45) is 11.8 Å². The molecule has 1 aliphatic carbocycles. The largest absolute Gasteiger partial charge is 0.271 e. The highest BCUT2D eigenvalue weighted by Crippen LogP contribution is 2.33. The van der Waals surface area contributed by atoms with Crippen LogP contribution in [-0.4, -0.2) is 0 Å². The molecule has 94 valence electrons. The summed E-state index contributed by atoms with van der Waals surface area (Å²) in [6.45, 7) is 0. The molecule has 2 rings (SSSR count). The number of hydrazine groups is 1. The lowest BCUT2D eigenvalue weighted by atomic mass is 9.87. The Bertz CT molecular complexity index is 329. The SMILES string of the molecule is NNC(c1ccc(Cl)cc1)C1CCCCCC1. The van der Waals surface area contributed by atoms with Crippen LogP contribution in [0.4, 0.5) is 0 Å². The summed E-state index contributed by atoms with van der Waals surface area (Å²) in [4.78, 5) is 0. The van der Waals surface area contributed by atoms with Gasteiger partial charge in [-0.25, -0.2) is 0 Å². The molecule has 1 aliphatic rings. The molecule has 1 aromatic carbocycles. The molecule has 2 nitrogen and oxygen atoms in total. The topological polar surface area (TPSA) is 38.0 Å². The smallest absolute Gasteiger partial charge is 0.0488 e. The molecule has 0 saturated heterocycles. The maximum atomic E-state index is 5.92. The number of hydrogen-bond donors (Lipinski definition) is 2. The van der Waals surface area contributed by atoms with Crippen molar-refractivity contribution >= 4 is 11.6 Å². The summed E-state index contributed by atoms with van der Waals surface area (Å²) in [6.07, 6.45) is 7.95. The van der Waals surface area contributed by atoms with Crippen LogP contribution in [0.5, 0.6) is 0 Å². The molecule has 1 atom stereocenters. The minimum atomic E-state index is 0.269. The molecule has 0 spiro atoms. The highest BCUT2D eigenvalue weighted by atomic mass is 35.5. The zero-order valence-electron chi connectivity index (χ0n) is 10.2. The molecule has 0 aliphatic heterocycles. The summed E-state index contributed by atoms with van der Waals surface area (Å²) < 4.78 is 0. The molecule has 3 N–H and O–H groups in total. The maximum absolute atomic E-state index is 5.92. The van der Waals surface area contributed by atoms with Crippen molar-refractivity contribution in [2.75, 3.05) is 0 Å². The van der Waals surface area contributed by atoms with Crippen LogP contribution in [-0.2, 0) is 0 Å². The van der Waals surface area contributed by atoms with Crippen LogP contribution >= 0.6 is 11.6 Å². The van der Waals surface area contributed by atoms with Gasteiger partial charge in [0.25, 0.3) is 0 Å². The van der Waals surface area contributed by atoms with Crippen molar-refractivity contribution in [2.45, 2.75) is 44.6 Å². The van der Waals surface area contributed by atoms with Gasteiger partial charge in [0, 0.05) is 11.1 Å². The summed E-state index contributed by atoms with van der Waals surface area (Å²) in [6, 6.07) is 8.32. The molecule has 0 aromatic heterocycles. The number of hydrogen-bond acceptors (Lipinski definition) is 2. The van der Waals surface area contributed by atoms with Gasteiger partial charge in [-0.2, -0.15) is 0 Å². The van der Waals surface area contributed by atoms with E-state index >= 15 is 0 Å². The Morgan fingerprint density at radius 2 is 1.65 bits per heavy atom. The molecular formula is C14H21ClN2. The van der Waals surface area contributed by atoms with Crippen molar-refractivity contribution < 1.29 is 0 Å². The third kappa shape index (κ3) is 3.44. The monoisotopic (exact) mass is 252 g/mol. The van der Waals surface area contributed by atoms with Crippen LogP contribution in [0.3, 0.4) is 0 Å². The molecule has 0 amide bonds. The van der Waals surface area contributed by atoms with Crippen molar-refractivity contribution in [3.05, 3.63) is 34.9 Å². The van der Waals surface area contributed by atoms with Gasteiger partial charge in [-0.05, 0) is 36.5 Å². The van der Waals surface area contributed by atoms with E-state index in [1.165, 1.54) is 44.1 Å². The second-order valence-corrected chi connectivity index (χ2v) is 5.38. The summed E-state index contributed by atoms with van der Waals surface area (Å²) in [5.74, 6) is 6.40. The molecule has 3 heteroatoms. The normalized spacial score (nSPS) is 19.9. The third-order valence-corrected chi connectivity index (χ3v) is 4.03. The van der Waals surface area contributed by atoms with E-state index in [9.17, 15) is 0 Å². The summed E-state index contributed by atoms with van der Waals surface area (Å²) in [5, 5.41) is 0.783. The van der Waals surface area contributed by atoms with Crippen LogP contribution in [0.25, 0.3) is 0 Å². The Morgan fingerprint density at radius 1 is 1.06 bits per heavy atom. The zero-order valence-corrected chi connectivity index (χ0v) is 10.9. The van der Waals surface area contributed by atoms with Gasteiger partial charge < -0.3 is 0 Å². The second kappa shape index (κ2) is 6.39. The molecule has 0 bridgehead atoms. The average molecular weight is 253 g/mol. The predicted molar refractivity (Wildman–Crippen MR) is 72.7 cm³/mol. The van der Waals surface area contributed by atoms with E-state index in [1.54, 1.807) is 0 Å². The molecule has 1 saturated carbocycles. The van der Waals surface area contributed by atoms with E-state index in [0.717, 1.165) is 5.02 Å². The van der Waals surface area contributed by atoms with Crippen LogP contribution < -0.4 is 11.3 Å². The first-order valence-electron chi connectivity index (χ1n) is 6.53. The van der Waals surface area contributed by atoms with Crippen molar-refractivity contribution in [1.82, 2.24) is 5.43 Å². The van der Waals surface area contributed by atoms with Gasteiger partial charge in [-0.3, -0.25) is 11.3 Å². The molecule has 1 unspecified atom stereocenters. The van der Waals surface area contributed by atoms with Gasteiger partial charge in [0.05, 0.1) is 0 Å². The lowest BCUT2D eigenvalue weighted by molar-refractivity contribution is 0.329. The Morgan fingerprint density at radius 3 is 2.18 bits per heavy atom. The Balaban J connectivity index is 2.11. The molecule has 0 heterocycles. The van der Waals surface area contributed by atoms with Crippen molar-refractivity contribution in [1.29, 1.82) is 0 Å². The van der Waals surface area contributed by atoms with E-state index in [1.807, 2.05) is 12.1 Å². The number of nitrogens with two attached hydrogens (primary N) is 1. The fourth-order valence-electron chi connectivity index (χ4n) is 2.82. The number of benzene rings is 1. The van der Waals surface area contributed by atoms with Crippen molar-refractivity contribution in [3.8, 4) is 0 Å². The van der Waals surface area contributed by atoms with Gasteiger partial charge in [0.15, 0.2) is 0 Å². The number of rotatable bonds is 3. The minimum absolute atomic E-state index is 0.269. The quantitative estimate of drug-likeness (QED) is 0.488. The van der Waals surface area contributed by atoms with Crippen LogP contribution in [0.15, 0.2) is 24.3 Å². The van der Waals surface area contributed by atoms with Crippen LogP contribution in [0.2, 0.25) is 5.02 Å². The van der Waals surface area contributed by atoms with Crippen LogP contribution in [0.1, 0.15) is 50.1 Å². The predicted octanol–water partition coefficient (Wildman–Crippen LogP) is 3.81. The van der Waals surface area contributed by atoms with Gasteiger partial charge in [0.2, 0.25) is 0 Å². The molecule has 1 fully saturated rings. The zero-order chi connectivity index (χ0) is 12.1. The number of halogens is 1. The van der Waals surface area contributed by atoms with Crippen molar-refractivity contribution in [3.63, 3.8) is 0 Å². The first-order valence-corrected chi connectivity index (χ1v) is 6.90. The van der Waals surface area contributed by atoms with E-state index < -0.39 is 0 Å². The Hall–Kier alpha value is -0.570. The summed E-state index contributed by atoms with van der Waals surface area (Å²) >= 11 is 5.92. The fraction of sp³-hybridized carbons (Fsp3) is 0.571.